The normalized spacial score (nSPS) is 10.6. The van der Waals surface area contributed by atoms with E-state index in [0.29, 0.717) is 38.4 Å². The average molecular weight is 516 g/mol. The van der Waals surface area contributed by atoms with Crippen LogP contribution in [0.25, 0.3) is 0 Å². The molecule has 0 aliphatic carbocycles. The summed E-state index contributed by atoms with van der Waals surface area (Å²) in [4.78, 5) is 25.1. The number of nitrogens with zero attached hydrogens (tertiary/aromatic N) is 1. The van der Waals surface area contributed by atoms with Gasteiger partial charge >= 0.3 is 11.9 Å². The number of esters is 2. The molecule has 0 fully saturated rings. The van der Waals surface area contributed by atoms with E-state index in [1.54, 1.807) is 60.7 Å². The van der Waals surface area contributed by atoms with Crippen molar-refractivity contribution in [1.82, 2.24) is 10.7 Å². The van der Waals surface area contributed by atoms with E-state index in [-0.39, 0.29) is 11.5 Å². The lowest BCUT2D eigenvalue weighted by Crippen LogP contribution is -2.31. The smallest absolute Gasteiger partial charge is 0.343 e. The van der Waals surface area contributed by atoms with Crippen LogP contribution in [0.5, 0.6) is 11.5 Å². The topological polar surface area (TPSA) is 89.0 Å². The van der Waals surface area contributed by atoms with Crippen molar-refractivity contribution in [1.29, 1.82) is 0 Å². The zero-order chi connectivity index (χ0) is 24.5. The van der Waals surface area contributed by atoms with Crippen molar-refractivity contribution in [3.05, 3.63) is 93.5 Å². The summed E-state index contributed by atoms with van der Waals surface area (Å²) < 4.78 is 11.0. The van der Waals surface area contributed by atoms with Gasteiger partial charge in [0, 0.05) is 28.2 Å². The Bertz CT molecular complexity index is 1220. The molecule has 3 rings (SSSR count). The highest BCUT2D eigenvalue weighted by molar-refractivity contribution is 7.80. The maximum atomic E-state index is 12.7. The molecule has 3 aromatic carbocycles. The number of halogens is 2. The lowest BCUT2D eigenvalue weighted by Gasteiger charge is -2.11. The van der Waals surface area contributed by atoms with Crippen LogP contribution in [0.15, 0.2) is 71.8 Å². The molecule has 0 spiro atoms. The molecule has 34 heavy (non-hydrogen) atoms. The average Bonchev–Trinajstić information content (AvgIpc) is 2.81. The third-order valence-electron chi connectivity index (χ3n) is 4.27. The van der Waals surface area contributed by atoms with Gasteiger partial charge in [-0.05, 0) is 79.8 Å². The molecule has 0 unspecified atom stereocenters. The number of hydrogen-bond acceptors (Lipinski definition) is 6. The first-order chi connectivity index (χ1) is 16.4. The lowest BCUT2D eigenvalue weighted by molar-refractivity contribution is 0.0732. The first kappa shape index (κ1) is 25.2. The monoisotopic (exact) mass is 515 g/mol. The molecule has 0 radical (unpaired) electrons. The second-order valence-corrected chi connectivity index (χ2v) is 8.00. The van der Waals surface area contributed by atoms with Crippen LogP contribution in [0, 0.1) is 0 Å². The van der Waals surface area contributed by atoms with Crippen molar-refractivity contribution in [3.63, 3.8) is 0 Å². The Labute approximate surface area is 211 Å². The standard InChI is InChI=1S/C24H19Cl2N3O4S/c1-2-27-24(34)29-28-14-17-7-12-20(32-22(30)15-3-8-18(25)9-4-15)13-21(17)33-23(31)16-5-10-19(26)11-6-16/h3-14H,2H2,1H3,(H2,27,29,34). The molecular weight excluding hydrogens is 497 g/mol. The van der Waals surface area contributed by atoms with E-state index < -0.39 is 11.9 Å². The van der Waals surface area contributed by atoms with E-state index in [4.69, 9.17) is 44.9 Å². The molecule has 0 saturated heterocycles. The van der Waals surface area contributed by atoms with E-state index in [0.717, 1.165) is 0 Å². The summed E-state index contributed by atoms with van der Waals surface area (Å²) in [5.41, 5.74) is 3.72. The maximum absolute atomic E-state index is 12.7. The summed E-state index contributed by atoms with van der Waals surface area (Å²) in [5.74, 6) is -0.914. The molecule has 0 heterocycles. The lowest BCUT2D eigenvalue weighted by atomic mass is 10.2. The molecule has 0 aliphatic rings. The minimum Gasteiger partial charge on any atom is -0.423 e. The van der Waals surface area contributed by atoms with Crippen LogP contribution in [0.4, 0.5) is 0 Å². The summed E-state index contributed by atoms with van der Waals surface area (Å²) in [6, 6.07) is 17.1. The van der Waals surface area contributed by atoms with Gasteiger partial charge in [-0.25, -0.2) is 9.59 Å². The molecule has 0 aromatic heterocycles. The van der Waals surface area contributed by atoms with Crippen molar-refractivity contribution in [2.75, 3.05) is 6.54 Å². The predicted molar refractivity (Wildman–Crippen MR) is 136 cm³/mol. The molecule has 0 atom stereocenters. The minimum absolute atomic E-state index is 0.126. The van der Waals surface area contributed by atoms with Gasteiger partial charge in [-0.1, -0.05) is 23.2 Å². The Hall–Kier alpha value is -3.46. The van der Waals surface area contributed by atoms with Gasteiger partial charge < -0.3 is 14.8 Å². The van der Waals surface area contributed by atoms with Crippen LogP contribution in [0.1, 0.15) is 33.2 Å². The van der Waals surface area contributed by atoms with Crippen molar-refractivity contribution in [2.45, 2.75) is 6.92 Å². The molecule has 7 nitrogen and oxygen atoms in total. The van der Waals surface area contributed by atoms with Crippen LogP contribution < -0.4 is 20.2 Å². The molecule has 2 N–H and O–H groups in total. The first-order valence-corrected chi connectivity index (χ1v) is 11.2. The number of hydrogen-bond donors (Lipinski definition) is 2. The fourth-order valence-corrected chi connectivity index (χ4v) is 3.08. The zero-order valence-electron chi connectivity index (χ0n) is 17.9. The number of thiocarbonyl (C=S) groups is 1. The number of rotatable bonds is 7. The molecule has 0 aliphatic heterocycles. The third kappa shape index (κ3) is 7.28. The Morgan fingerprint density at radius 1 is 0.912 bits per heavy atom. The number of nitrogens with one attached hydrogen (secondary N) is 2. The number of carbonyl (C=O) groups is 2. The highest BCUT2D eigenvalue weighted by Crippen LogP contribution is 2.26. The molecule has 0 bridgehead atoms. The SMILES string of the molecule is CCNC(=S)NN=Cc1ccc(OC(=O)c2ccc(Cl)cc2)cc1OC(=O)c1ccc(Cl)cc1. The van der Waals surface area contributed by atoms with Crippen molar-refractivity contribution in [2.24, 2.45) is 5.10 Å². The van der Waals surface area contributed by atoms with E-state index in [2.05, 4.69) is 15.8 Å². The van der Waals surface area contributed by atoms with Crippen molar-refractivity contribution >= 4 is 58.7 Å². The summed E-state index contributed by atoms with van der Waals surface area (Å²) in [5, 5.41) is 8.28. The van der Waals surface area contributed by atoms with Crippen LogP contribution in [-0.2, 0) is 0 Å². The highest BCUT2D eigenvalue weighted by Gasteiger charge is 2.15. The van der Waals surface area contributed by atoms with Gasteiger partial charge in [-0.3, -0.25) is 5.43 Å². The van der Waals surface area contributed by atoms with Crippen LogP contribution in [-0.4, -0.2) is 29.8 Å². The van der Waals surface area contributed by atoms with Gasteiger partial charge in [0.05, 0.1) is 17.3 Å². The van der Waals surface area contributed by atoms with Gasteiger partial charge in [0.1, 0.15) is 11.5 Å². The van der Waals surface area contributed by atoms with E-state index >= 15 is 0 Å². The van der Waals surface area contributed by atoms with Crippen LogP contribution >= 0.6 is 35.4 Å². The largest absolute Gasteiger partial charge is 0.423 e. The highest BCUT2D eigenvalue weighted by atomic mass is 35.5. The fraction of sp³-hybridized carbons (Fsp3) is 0.0833. The van der Waals surface area contributed by atoms with Gasteiger partial charge in [0.15, 0.2) is 5.11 Å². The van der Waals surface area contributed by atoms with E-state index in [9.17, 15) is 9.59 Å². The molecule has 0 saturated carbocycles. The zero-order valence-corrected chi connectivity index (χ0v) is 20.2. The second kappa shape index (κ2) is 12.1. The number of carbonyl (C=O) groups excluding carboxylic acids is 2. The maximum Gasteiger partial charge on any atom is 0.343 e. The van der Waals surface area contributed by atoms with E-state index in [1.165, 1.54) is 12.3 Å². The van der Waals surface area contributed by atoms with Crippen molar-refractivity contribution < 1.29 is 19.1 Å². The predicted octanol–water partition coefficient (Wildman–Crippen LogP) is 5.25. The quantitative estimate of drug-likeness (QED) is 0.146. The summed E-state index contributed by atoms with van der Waals surface area (Å²) in [6.07, 6.45) is 1.43. The Morgan fingerprint density at radius 3 is 2.03 bits per heavy atom. The molecule has 0 amide bonds. The van der Waals surface area contributed by atoms with Gasteiger partial charge in [0.25, 0.3) is 0 Å². The molecule has 10 heteroatoms. The number of benzene rings is 3. The number of ether oxygens (including phenoxy) is 2. The molecule has 174 valence electrons. The summed E-state index contributed by atoms with van der Waals surface area (Å²) in [6.45, 7) is 2.54. The molecule has 3 aromatic rings. The Morgan fingerprint density at radius 2 is 1.47 bits per heavy atom. The van der Waals surface area contributed by atoms with Crippen molar-refractivity contribution in [3.8, 4) is 11.5 Å². The first-order valence-electron chi connectivity index (χ1n) is 10.0. The Balaban J connectivity index is 1.84. The summed E-state index contributed by atoms with van der Waals surface area (Å²) >= 11 is 16.8. The third-order valence-corrected chi connectivity index (χ3v) is 5.00. The van der Waals surface area contributed by atoms with Gasteiger partial charge in [0.2, 0.25) is 0 Å². The molecular formula is C24H19Cl2N3O4S. The fourth-order valence-electron chi connectivity index (χ4n) is 2.63. The summed E-state index contributed by atoms with van der Waals surface area (Å²) in [7, 11) is 0. The number of hydrazone groups is 1. The van der Waals surface area contributed by atoms with E-state index in [1.807, 2.05) is 6.92 Å². The minimum atomic E-state index is -0.622. The Kier molecular flexibility index (Phi) is 8.98. The van der Waals surface area contributed by atoms with Crippen LogP contribution in [0.3, 0.4) is 0 Å². The van der Waals surface area contributed by atoms with Crippen LogP contribution in [0.2, 0.25) is 10.0 Å². The van der Waals surface area contributed by atoms with Gasteiger partial charge in [-0.2, -0.15) is 5.10 Å². The van der Waals surface area contributed by atoms with Gasteiger partial charge in [-0.15, -0.1) is 0 Å². The second-order valence-electron chi connectivity index (χ2n) is 6.72.